The Labute approximate surface area is 170 Å². The van der Waals surface area contributed by atoms with Crippen molar-refractivity contribution in [1.29, 1.82) is 0 Å². The number of carbonyl (C=O) groups is 2. The van der Waals surface area contributed by atoms with Crippen molar-refractivity contribution in [3.05, 3.63) is 65.5 Å². The molecule has 0 aromatic heterocycles. The minimum Gasteiger partial charge on any atom is -0.326 e. The molecule has 2 aliphatic rings. The van der Waals surface area contributed by atoms with Gasteiger partial charge in [-0.1, -0.05) is 0 Å². The third kappa shape index (κ3) is 4.20. The summed E-state index contributed by atoms with van der Waals surface area (Å²) in [6.45, 7) is 0.980. The smallest absolute Gasteiger partial charge is 0.272 e. The normalized spacial score (nSPS) is 18.2. The van der Waals surface area contributed by atoms with E-state index in [1.807, 2.05) is 4.90 Å². The fourth-order valence-corrected chi connectivity index (χ4v) is 3.67. The Kier molecular flexibility index (Phi) is 5.29. The van der Waals surface area contributed by atoms with E-state index in [-0.39, 0.29) is 23.9 Å². The summed E-state index contributed by atoms with van der Waals surface area (Å²) in [5, 5.41) is 5.28. The van der Waals surface area contributed by atoms with E-state index >= 15 is 0 Å². The molecule has 0 atom stereocenters. The van der Waals surface area contributed by atoms with Gasteiger partial charge in [-0.05, 0) is 36.4 Å². The number of hydrogen-bond acceptors (Lipinski definition) is 4. The SMILES string of the molecule is O=C(CN1CCC2(CC1)N=C(c1ccc(F)cc1)C(=O)N2)Nc1cc(F)ccc1F. The van der Waals surface area contributed by atoms with Gasteiger partial charge in [0.2, 0.25) is 5.91 Å². The zero-order valence-corrected chi connectivity index (χ0v) is 15.9. The minimum absolute atomic E-state index is 0.00845. The molecular formula is C21H19F3N4O2. The van der Waals surface area contributed by atoms with E-state index in [2.05, 4.69) is 15.6 Å². The first-order chi connectivity index (χ1) is 14.3. The van der Waals surface area contributed by atoms with Gasteiger partial charge < -0.3 is 10.6 Å². The average Bonchev–Trinajstić information content (AvgIpc) is 3.03. The van der Waals surface area contributed by atoms with Crippen molar-refractivity contribution < 1.29 is 22.8 Å². The Balaban J connectivity index is 1.36. The van der Waals surface area contributed by atoms with E-state index in [4.69, 9.17) is 0 Å². The third-order valence-electron chi connectivity index (χ3n) is 5.26. The average molecular weight is 416 g/mol. The number of amides is 2. The van der Waals surface area contributed by atoms with Gasteiger partial charge in [-0.25, -0.2) is 13.2 Å². The van der Waals surface area contributed by atoms with Crippen molar-refractivity contribution >= 4 is 23.2 Å². The van der Waals surface area contributed by atoms with E-state index in [0.717, 1.165) is 18.2 Å². The molecule has 0 unspecified atom stereocenters. The molecule has 0 saturated carbocycles. The second-order valence-electron chi connectivity index (χ2n) is 7.40. The molecule has 6 nitrogen and oxygen atoms in total. The van der Waals surface area contributed by atoms with Crippen molar-refractivity contribution in [2.45, 2.75) is 18.5 Å². The molecule has 30 heavy (non-hydrogen) atoms. The summed E-state index contributed by atoms with van der Waals surface area (Å²) >= 11 is 0. The molecule has 2 amide bonds. The number of piperidine rings is 1. The van der Waals surface area contributed by atoms with E-state index in [9.17, 15) is 22.8 Å². The monoisotopic (exact) mass is 416 g/mol. The molecule has 1 spiro atoms. The predicted octanol–water partition coefficient (Wildman–Crippen LogP) is 2.45. The van der Waals surface area contributed by atoms with Gasteiger partial charge in [0.05, 0.1) is 12.2 Å². The number of hydrogen-bond donors (Lipinski definition) is 2. The number of anilines is 1. The van der Waals surface area contributed by atoms with Crippen LogP contribution in [0.2, 0.25) is 0 Å². The first-order valence-corrected chi connectivity index (χ1v) is 9.49. The number of halogens is 3. The van der Waals surface area contributed by atoms with E-state index in [0.29, 0.717) is 31.5 Å². The maximum atomic E-state index is 13.7. The Hall–Kier alpha value is -3.20. The van der Waals surface area contributed by atoms with Gasteiger partial charge in [0.1, 0.15) is 28.8 Å². The number of likely N-dealkylation sites (tertiary alicyclic amines) is 1. The third-order valence-corrected chi connectivity index (χ3v) is 5.26. The van der Waals surface area contributed by atoms with Gasteiger partial charge in [-0.15, -0.1) is 0 Å². The highest BCUT2D eigenvalue weighted by Crippen LogP contribution is 2.29. The molecular weight excluding hydrogens is 397 g/mol. The molecule has 2 aliphatic heterocycles. The fourth-order valence-electron chi connectivity index (χ4n) is 3.67. The maximum absolute atomic E-state index is 13.7. The Morgan fingerprint density at radius 1 is 1.07 bits per heavy atom. The molecule has 2 aromatic rings. The van der Waals surface area contributed by atoms with Crippen LogP contribution in [0, 0.1) is 17.5 Å². The minimum atomic E-state index is -0.748. The molecule has 2 aromatic carbocycles. The standard InChI is InChI=1S/C21H19F3N4O2/c22-14-3-1-13(2-4-14)19-20(30)27-21(26-19)7-9-28(10-8-21)12-18(29)25-17-11-15(23)5-6-16(17)24/h1-6,11H,7-10,12H2,(H,25,29)(H,27,30). The summed E-state index contributed by atoms with van der Waals surface area (Å²) in [5.74, 6) is -2.51. The van der Waals surface area contributed by atoms with Crippen molar-refractivity contribution in [2.24, 2.45) is 4.99 Å². The van der Waals surface area contributed by atoms with E-state index in [1.54, 1.807) is 0 Å². The Morgan fingerprint density at radius 3 is 2.43 bits per heavy atom. The van der Waals surface area contributed by atoms with Crippen LogP contribution in [0.1, 0.15) is 18.4 Å². The summed E-state index contributed by atoms with van der Waals surface area (Å²) in [6, 6.07) is 8.44. The van der Waals surface area contributed by atoms with Crippen LogP contribution in [0.15, 0.2) is 47.5 Å². The molecule has 9 heteroatoms. The predicted molar refractivity (Wildman–Crippen MR) is 104 cm³/mol. The van der Waals surface area contributed by atoms with Gasteiger partial charge in [-0.3, -0.25) is 19.5 Å². The largest absolute Gasteiger partial charge is 0.326 e. The summed E-state index contributed by atoms with van der Waals surface area (Å²) in [5.41, 5.74) is -0.139. The molecule has 2 heterocycles. The number of nitrogens with one attached hydrogen (secondary N) is 2. The van der Waals surface area contributed by atoms with E-state index in [1.165, 1.54) is 24.3 Å². The Bertz CT molecular complexity index is 1020. The number of rotatable bonds is 4. The lowest BCUT2D eigenvalue weighted by Crippen LogP contribution is -2.52. The molecule has 1 saturated heterocycles. The lowest BCUT2D eigenvalue weighted by atomic mass is 9.98. The summed E-state index contributed by atoms with van der Waals surface area (Å²) < 4.78 is 40.0. The number of carbonyl (C=O) groups excluding carboxylic acids is 2. The van der Waals surface area contributed by atoms with Gasteiger partial charge in [0.15, 0.2) is 0 Å². The van der Waals surface area contributed by atoms with Crippen LogP contribution in [0.25, 0.3) is 0 Å². The van der Waals surface area contributed by atoms with Crippen molar-refractivity contribution in [3.63, 3.8) is 0 Å². The van der Waals surface area contributed by atoms with Crippen LogP contribution in [-0.2, 0) is 9.59 Å². The lowest BCUT2D eigenvalue weighted by Gasteiger charge is -2.36. The number of benzene rings is 2. The van der Waals surface area contributed by atoms with Crippen molar-refractivity contribution in [3.8, 4) is 0 Å². The molecule has 1 fully saturated rings. The highest BCUT2D eigenvalue weighted by atomic mass is 19.1. The second kappa shape index (κ2) is 7.91. The Morgan fingerprint density at radius 2 is 1.73 bits per heavy atom. The first kappa shape index (κ1) is 20.1. The van der Waals surface area contributed by atoms with Crippen LogP contribution in [0.4, 0.5) is 18.9 Å². The number of nitrogens with zero attached hydrogens (tertiary/aromatic N) is 2. The molecule has 4 rings (SSSR count). The zero-order valence-electron chi connectivity index (χ0n) is 15.9. The first-order valence-electron chi connectivity index (χ1n) is 9.49. The summed E-state index contributed by atoms with van der Waals surface area (Å²) in [6.07, 6.45) is 0.982. The van der Waals surface area contributed by atoms with Crippen LogP contribution in [0.5, 0.6) is 0 Å². The van der Waals surface area contributed by atoms with Gasteiger partial charge in [0.25, 0.3) is 5.91 Å². The van der Waals surface area contributed by atoms with Crippen LogP contribution >= 0.6 is 0 Å². The zero-order chi connectivity index (χ0) is 21.3. The molecule has 2 N–H and O–H groups in total. The lowest BCUT2D eigenvalue weighted by molar-refractivity contribution is -0.119. The summed E-state index contributed by atoms with van der Waals surface area (Å²) in [4.78, 5) is 31.0. The van der Waals surface area contributed by atoms with Crippen LogP contribution in [-0.4, -0.2) is 47.7 Å². The van der Waals surface area contributed by atoms with Gasteiger partial charge in [-0.2, -0.15) is 0 Å². The van der Waals surface area contributed by atoms with Crippen LogP contribution < -0.4 is 10.6 Å². The summed E-state index contributed by atoms with van der Waals surface area (Å²) in [7, 11) is 0. The molecule has 156 valence electrons. The second-order valence-corrected chi connectivity index (χ2v) is 7.40. The maximum Gasteiger partial charge on any atom is 0.272 e. The molecule has 0 radical (unpaired) electrons. The highest BCUT2D eigenvalue weighted by molar-refractivity contribution is 6.46. The van der Waals surface area contributed by atoms with E-state index < -0.39 is 29.0 Å². The fraction of sp³-hybridized carbons (Fsp3) is 0.286. The number of aliphatic imine (C=N–C) groups is 1. The van der Waals surface area contributed by atoms with Gasteiger partial charge in [0, 0.05) is 37.6 Å². The van der Waals surface area contributed by atoms with Gasteiger partial charge >= 0.3 is 0 Å². The van der Waals surface area contributed by atoms with Crippen LogP contribution in [0.3, 0.4) is 0 Å². The highest BCUT2D eigenvalue weighted by Gasteiger charge is 2.42. The quantitative estimate of drug-likeness (QED) is 0.804. The molecule has 0 bridgehead atoms. The van der Waals surface area contributed by atoms with Crippen molar-refractivity contribution in [1.82, 2.24) is 10.2 Å². The topological polar surface area (TPSA) is 73.8 Å². The van der Waals surface area contributed by atoms with Crippen molar-refractivity contribution in [2.75, 3.05) is 25.0 Å². The molecule has 0 aliphatic carbocycles.